The van der Waals surface area contributed by atoms with Crippen LogP contribution >= 0.6 is 15.9 Å². The topological polar surface area (TPSA) is 115 Å². The van der Waals surface area contributed by atoms with E-state index in [9.17, 15) is 9.59 Å². The van der Waals surface area contributed by atoms with Gasteiger partial charge in [0, 0.05) is 0 Å². The number of nitrogens with two attached hydrogens (primary N) is 1. The normalized spacial score (nSPS) is 16.8. The molecule has 27 heavy (non-hydrogen) atoms. The molecule has 0 radical (unpaired) electrons. The Labute approximate surface area is 166 Å². The van der Waals surface area contributed by atoms with E-state index in [1.807, 2.05) is 30.3 Å². The van der Waals surface area contributed by atoms with E-state index in [-0.39, 0.29) is 25.2 Å². The third kappa shape index (κ3) is 7.98. The Kier molecular flexibility index (Phi) is 9.09. The van der Waals surface area contributed by atoms with Crippen molar-refractivity contribution in [2.75, 3.05) is 13.1 Å². The smallest absolute Gasteiger partial charge is 0.408 e. The predicted octanol–water partition coefficient (Wildman–Crippen LogP) is 1.67. The second-order valence-corrected chi connectivity index (χ2v) is 6.92. The average Bonchev–Trinajstić information content (AvgIpc) is 3.10. The third-order valence-electron chi connectivity index (χ3n) is 3.89. The summed E-state index contributed by atoms with van der Waals surface area (Å²) in [5, 5.41) is 5.42. The van der Waals surface area contributed by atoms with E-state index in [0.29, 0.717) is 17.6 Å². The van der Waals surface area contributed by atoms with Gasteiger partial charge in [-0.05, 0) is 53.4 Å². The van der Waals surface area contributed by atoms with Crippen molar-refractivity contribution in [1.82, 2.24) is 16.1 Å². The maximum Gasteiger partial charge on any atom is 0.408 e. The van der Waals surface area contributed by atoms with Gasteiger partial charge in [0.25, 0.3) is 0 Å². The fourth-order valence-corrected chi connectivity index (χ4v) is 2.85. The summed E-state index contributed by atoms with van der Waals surface area (Å²) in [4.78, 5) is 29.8. The molecule has 1 unspecified atom stereocenters. The second-order valence-electron chi connectivity index (χ2n) is 6.06. The molecule has 148 valence electrons. The monoisotopic (exact) mass is 440 g/mol. The summed E-state index contributed by atoms with van der Waals surface area (Å²) in [6.45, 7) is 0.965. The van der Waals surface area contributed by atoms with Crippen LogP contribution in [0.2, 0.25) is 0 Å². The van der Waals surface area contributed by atoms with Gasteiger partial charge in [-0.1, -0.05) is 30.3 Å². The van der Waals surface area contributed by atoms with E-state index in [4.69, 9.17) is 15.3 Å². The quantitative estimate of drug-likeness (QED) is 0.325. The number of carbonyl (C=O) groups is 2. The van der Waals surface area contributed by atoms with Gasteiger partial charge in [-0.2, -0.15) is 0 Å². The molecule has 1 aliphatic rings. The van der Waals surface area contributed by atoms with E-state index in [1.165, 1.54) is 0 Å². The summed E-state index contributed by atoms with van der Waals surface area (Å²) in [6.07, 6.45) is 2.86. The predicted molar refractivity (Wildman–Crippen MR) is 104 cm³/mol. The molecule has 1 aromatic carbocycles. The summed E-state index contributed by atoms with van der Waals surface area (Å²) >= 11 is 3.25. The number of hydrogen-bond donors (Lipinski definition) is 4. The van der Waals surface area contributed by atoms with Crippen molar-refractivity contribution in [3.63, 3.8) is 0 Å². The fraction of sp³-hybridized carbons (Fsp3) is 0.444. The number of unbranched alkanes of at least 4 members (excludes halogenated alkanes) is 1. The molecule has 1 heterocycles. The van der Waals surface area contributed by atoms with Crippen molar-refractivity contribution in [3.8, 4) is 0 Å². The zero-order valence-corrected chi connectivity index (χ0v) is 16.5. The van der Waals surface area contributed by atoms with Gasteiger partial charge in [0.2, 0.25) is 5.91 Å². The largest absolute Gasteiger partial charge is 0.445 e. The maximum absolute atomic E-state index is 12.5. The van der Waals surface area contributed by atoms with Crippen LogP contribution in [0.15, 0.2) is 41.0 Å². The molecule has 0 aromatic heterocycles. The second kappa shape index (κ2) is 11.6. The Balaban J connectivity index is 1.81. The van der Waals surface area contributed by atoms with Crippen LogP contribution in [0.1, 0.15) is 24.8 Å². The number of nitrogens with one attached hydrogen (secondary N) is 3. The van der Waals surface area contributed by atoms with Crippen molar-refractivity contribution >= 4 is 27.9 Å². The van der Waals surface area contributed by atoms with Gasteiger partial charge in [-0.25, -0.2) is 4.79 Å². The minimum atomic E-state index is -0.693. The summed E-state index contributed by atoms with van der Waals surface area (Å²) < 4.78 is 5.91. The molecule has 0 saturated heterocycles. The Morgan fingerprint density at radius 3 is 2.74 bits per heavy atom. The molecule has 5 N–H and O–H groups in total. The minimum Gasteiger partial charge on any atom is -0.445 e. The van der Waals surface area contributed by atoms with Crippen LogP contribution in [0, 0.1) is 0 Å². The molecule has 0 aliphatic carbocycles. The highest BCUT2D eigenvalue weighted by Gasteiger charge is 2.23. The van der Waals surface area contributed by atoms with Gasteiger partial charge in [-0.15, -0.1) is 0 Å². The molecule has 0 saturated carbocycles. The molecule has 0 fully saturated rings. The zero-order valence-electron chi connectivity index (χ0n) is 14.9. The van der Waals surface area contributed by atoms with Gasteiger partial charge in [0.15, 0.2) is 0 Å². The van der Waals surface area contributed by atoms with Crippen molar-refractivity contribution in [1.29, 1.82) is 0 Å². The average molecular weight is 441 g/mol. The zero-order chi connectivity index (χ0) is 19.5. The molecule has 9 heteroatoms. The van der Waals surface area contributed by atoms with Gasteiger partial charge >= 0.3 is 6.09 Å². The lowest BCUT2D eigenvalue weighted by Gasteiger charge is -2.19. The molecule has 2 rings (SSSR count). The van der Waals surface area contributed by atoms with Crippen molar-refractivity contribution in [2.45, 2.75) is 38.0 Å². The van der Waals surface area contributed by atoms with Gasteiger partial charge in [-0.3, -0.25) is 15.1 Å². The number of rotatable bonds is 10. The Morgan fingerprint density at radius 2 is 2.07 bits per heavy atom. The number of hydroxylamine groups is 1. The lowest BCUT2D eigenvalue weighted by Crippen LogP contribution is -2.48. The standard InChI is InChI=1S/C18H25BrN4O4/c19-16-10-14(27-23-16)11-21-17(24)15(8-4-5-9-20)22-18(25)26-12-13-6-2-1-3-7-13/h1-3,6-7,10,14-15,23H,4-5,8-9,11-12,20H2,(H,21,24)(H,22,25)/t14?,15-/m0/s1. The number of halogens is 1. The molecule has 1 aromatic rings. The molecule has 2 atom stereocenters. The molecular weight excluding hydrogens is 416 g/mol. The van der Waals surface area contributed by atoms with Gasteiger partial charge in [0.1, 0.15) is 23.4 Å². The number of alkyl carbamates (subject to hydrolysis) is 1. The van der Waals surface area contributed by atoms with Crippen LogP contribution in [0.5, 0.6) is 0 Å². The van der Waals surface area contributed by atoms with Crippen LogP contribution in [0.4, 0.5) is 4.79 Å². The van der Waals surface area contributed by atoms with Crippen LogP contribution in [-0.4, -0.2) is 37.2 Å². The van der Waals surface area contributed by atoms with Gasteiger partial charge in [0.05, 0.1) is 6.54 Å². The Morgan fingerprint density at radius 1 is 1.30 bits per heavy atom. The number of hydrogen-bond acceptors (Lipinski definition) is 6. The number of carbonyl (C=O) groups excluding carboxylic acids is 2. The SMILES string of the molecule is NCCCC[C@H](NC(=O)OCc1ccccc1)C(=O)NCC1C=C(Br)NO1. The molecule has 2 amide bonds. The van der Waals surface area contributed by atoms with Gasteiger partial charge < -0.3 is 21.1 Å². The first-order valence-electron chi connectivity index (χ1n) is 8.82. The molecule has 0 spiro atoms. The highest BCUT2D eigenvalue weighted by Crippen LogP contribution is 2.11. The third-order valence-corrected chi connectivity index (χ3v) is 4.31. The highest BCUT2D eigenvalue weighted by molar-refractivity contribution is 9.11. The van der Waals surface area contributed by atoms with E-state index in [1.54, 1.807) is 6.08 Å². The van der Waals surface area contributed by atoms with Crippen molar-refractivity contribution in [2.24, 2.45) is 5.73 Å². The molecule has 1 aliphatic heterocycles. The fourth-order valence-electron chi connectivity index (χ4n) is 2.46. The van der Waals surface area contributed by atoms with Crippen molar-refractivity contribution in [3.05, 3.63) is 46.6 Å². The van der Waals surface area contributed by atoms with Crippen LogP contribution < -0.4 is 21.8 Å². The molecular formula is C18H25BrN4O4. The Bertz CT molecular complexity index is 642. The van der Waals surface area contributed by atoms with Crippen LogP contribution in [0.25, 0.3) is 0 Å². The summed E-state index contributed by atoms with van der Waals surface area (Å²) in [6, 6.07) is 8.65. The lowest BCUT2D eigenvalue weighted by molar-refractivity contribution is -0.123. The summed E-state index contributed by atoms with van der Waals surface area (Å²) in [7, 11) is 0. The number of amides is 2. The van der Waals surface area contributed by atoms with E-state index < -0.39 is 12.1 Å². The molecule has 0 bridgehead atoms. The first-order chi connectivity index (χ1) is 13.1. The minimum absolute atomic E-state index is 0.143. The number of ether oxygens (including phenoxy) is 1. The number of benzene rings is 1. The van der Waals surface area contributed by atoms with E-state index >= 15 is 0 Å². The van der Waals surface area contributed by atoms with Crippen LogP contribution in [0.3, 0.4) is 0 Å². The first-order valence-corrected chi connectivity index (χ1v) is 9.61. The van der Waals surface area contributed by atoms with E-state index in [2.05, 4.69) is 32.0 Å². The summed E-state index contributed by atoms with van der Waals surface area (Å²) in [5.41, 5.74) is 9.04. The lowest BCUT2D eigenvalue weighted by atomic mass is 10.1. The highest BCUT2D eigenvalue weighted by atomic mass is 79.9. The molecule has 8 nitrogen and oxygen atoms in total. The first kappa shape index (κ1) is 21.2. The summed E-state index contributed by atoms with van der Waals surface area (Å²) in [5.74, 6) is -0.288. The maximum atomic E-state index is 12.5. The van der Waals surface area contributed by atoms with E-state index in [0.717, 1.165) is 18.4 Å². The van der Waals surface area contributed by atoms with Crippen LogP contribution in [-0.2, 0) is 21.0 Å². The van der Waals surface area contributed by atoms with Crippen molar-refractivity contribution < 1.29 is 19.2 Å². The Hall–Kier alpha value is -2.10.